The number of hydrogen-bond donors (Lipinski definition) is 3. The summed E-state index contributed by atoms with van der Waals surface area (Å²) in [5.74, 6) is -0.171. The first-order valence-electron chi connectivity index (χ1n) is 34.7. The molecule has 0 aliphatic heterocycles. The number of aliphatic hydroxyl groups is 1. The summed E-state index contributed by atoms with van der Waals surface area (Å²) < 4.78 is 23.8. The number of nitrogens with one attached hydrogen (secondary N) is 1. The van der Waals surface area contributed by atoms with Gasteiger partial charge in [-0.15, -0.1) is 0 Å². The lowest BCUT2D eigenvalue weighted by Gasteiger charge is -2.25. The van der Waals surface area contributed by atoms with E-state index in [4.69, 9.17) is 9.05 Å². The van der Waals surface area contributed by atoms with Gasteiger partial charge in [-0.2, -0.15) is 0 Å². The van der Waals surface area contributed by atoms with Gasteiger partial charge in [0.05, 0.1) is 39.9 Å². The van der Waals surface area contributed by atoms with E-state index in [0.29, 0.717) is 17.4 Å². The Morgan fingerprint density at radius 2 is 0.750 bits per heavy atom. The molecule has 8 nitrogen and oxygen atoms in total. The number of phosphoric ester groups is 1. The molecule has 0 bridgehead atoms. The number of unbranched alkanes of at least 4 members (excludes halogenated alkanes) is 43. The molecule has 0 aromatic carbocycles. The van der Waals surface area contributed by atoms with Gasteiger partial charge in [-0.05, 0) is 57.8 Å². The van der Waals surface area contributed by atoms with Crippen molar-refractivity contribution >= 4 is 13.7 Å². The third-order valence-corrected chi connectivity index (χ3v) is 16.7. The van der Waals surface area contributed by atoms with E-state index in [0.717, 1.165) is 64.2 Å². The molecule has 1 amide bonds. The van der Waals surface area contributed by atoms with Crippen LogP contribution in [-0.4, -0.2) is 73.4 Å². The Hall–Kier alpha value is -1.80. The maximum atomic E-state index is 13.0. The molecule has 0 spiro atoms. The number of aliphatic hydroxyl groups excluding tert-OH is 1. The molecule has 0 aromatic rings. The smallest absolute Gasteiger partial charge is 0.387 e. The van der Waals surface area contributed by atoms with Gasteiger partial charge in [-0.3, -0.25) is 13.8 Å². The first kappa shape index (κ1) is 78.2. The van der Waals surface area contributed by atoms with Crippen molar-refractivity contribution in [1.82, 2.24) is 5.32 Å². The van der Waals surface area contributed by atoms with Gasteiger partial charge in [0.15, 0.2) is 0 Å². The highest BCUT2D eigenvalue weighted by Crippen LogP contribution is 2.43. The summed E-state index contributed by atoms with van der Waals surface area (Å²) in [6.45, 7) is 4.75. The second-order valence-electron chi connectivity index (χ2n) is 24.9. The van der Waals surface area contributed by atoms with Crippen LogP contribution < -0.4 is 5.32 Å². The Balaban J connectivity index is 3.98. The Labute approximate surface area is 498 Å². The predicted octanol–water partition coefficient (Wildman–Crippen LogP) is 22.0. The van der Waals surface area contributed by atoms with E-state index in [2.05, 4.69) is 67.8 Å². The summed E-state index contributed by atoms with van der Waals surface area (Å²) in [5.41, 5.74) is 0. The zero-order chi connectivity index (χ0) is 58.4. The number of likely N-dealkylation sites (N-methyl/N-ethyl adjacent to an activating group) is 1. The van der Waals surface area contributed by atoms with Gasteiger partial charge in [-0.25, -0.2) is 4.57 Å². The molecule has 0 saturated carbocycles. The molecule has 0 saturated heterocycles. The second-order valence-corrected chi connectivity index (χ2v) is 26.3. The summed E-state index contributed by atoms with van der Waals surface area (Å²) in [4.78, 5) is 23.4. The lowest BCUT2D eigenvalue weighted by molar-refractivity contribution is -0.870. The SMILES string of the molecule is CC/C=C\C/C=C\C/C=C\C/C=C\CCCCCCCCCCCCCCCCCCCCCCCCCCC(=O)NC(COP(=O)(O)OCC[N+](C)(C)C)C(O)/C=C/CCCCCCCCCCCCCCCCCCCCC. The predicted molar refractivity (Wildman–Crippen MR) is 350 cm³/mol. The minimum absolute atomic E-state index is 0.0629. The van der Waals surface area contributed by atoms with E-state index >= 15 is 0 Å². The molecule has 0 fully saturated rings. The third-order valence-electron chi connectivity index (χ3n) is 15.7. The topological polar surface area (TPSA) is 105 Å². The summed E-state index contributed by atoms with van der Waals surface area (Å²) >= 11 is 0. The number of hydrogen-bond acceptors (Lipinski definition) is 5. The van der Waals surface area contributed by atoms with Gasteiger partial charge in [0.1, 0.15) is 13.2 Å². The highest BCUT2D eigenvalue weighted by Gasteiger charge is 2.28. The molecule has 0 aromatic heterocycles. The van der Waals surface area contributed by atoms with Gasteiger partial charge in [0.25, 0.3) is 0 Å². The molecule has 9 heteroatoms. The highest BCUT2D eigenvalue weighted by atomic mass is 31.2. The number of phosphoric acid groups is 1. The maximum Gasteiger partial charge on any atom is 0.472 e. The van der Waals surface area contributed by atoms with Crippen molar-refractivity contribution in [1.29, 1.82) is 0 Å². The van der Waals surface area contributed by atoms with E-state index in [1.54, 1.807) is 6.08 Å². The van der Waals surface area contributed by atoms with Crippen LogP contribution in [-0.2, 0) is 18.4 Å². The number of nitrogens with zero attached hydrogens (tertiary/aromatic N) is 1. The first-order chi connectivity index (χ1) is 39.0. The fourth-order valence-electron chi connectivity index (χ4n) is 10.4. The molecule has 0 radical (unpaired) electrons. The van der Waals surface area contributed by atoms with Crippen LogP contribution in [0.15, 0.2) is 60.8 Å². The van der Waals surface area contributed by atoms with Crippen molar-refractivity contribution in [3.05, 3.63) is 60.8 Å². The van der Waals surface area contributed by atoms with Gasteiger partial charge >= 0.3 is 7.82 Å². The average Bonchev–Trinajstić information content (AvgIpc) is 3.42. The van der Waals surface area contributed by atoms with Crippen molar-refractivity contribution in [2.45, 2.75) is 347 Å². The van der Waals surface area contributed by atoms with E-state index in [1.165, 1.54) is 250 Å². The van der Waals surface area contributed by atoms with Crippen LogP contribution in [0.4, 0.5) is 0 Å². The number of amides is 1. The van der Waals surface area contributed by atoms with Crippen LogP contribution in [0.2, 0.25) is 0 Å². The van der Waals surface area contributed by atoms with Crippen LogP contribution in [0.1, 0.15) is 335 Å². The van der Waals surface area contributed by atoms with Crippen LogP contribution in [0.5, 0.6) is 0 Å². The fourth-order valence-corrected chi connectivity index (χ4v) is 11.1. The molecule has 0 rings (SSSR count). The Morgan fingerprint density at radius 1 is 0.438 bits per heavy atom. The largest absolute Gasteiger partial charge is 0.472 e. The minimum Gasteiger partial charge on any atom is -0.387 e. The Kier molecular flexibility index (Phi) is 60.4. The third kappa shape index (κ3) is 63.8. The van der Waals surface area contributed by atoms with Gasteiger partial charge in [-0.1, -0.05) is 331 Å². The van der Waals surface area contributed by atoms with Gasteiger partial charge < -0.3 is 19.8 Å². The number of carbonyl (C=O) groups is 1. The van der Waals surface area contributed by atoms with Crippen molar-refractivity contribution in [3.63, 3.8) is 0 Å². The molecule has 3 atom stereocenters. The maximum absolute atomic E-state index is 13.0. The zero-order valence-electron chi connectivity index (χ0n) is 53.8. The molecule has 470 valence electrons. The lowest BCUT2D eigenvalue weighted by atomic mass is 10.0. The van der Waals surface area contributed by atoms with Gasteiger partial charge in [0, 0.05) is 6.42 Å². The van der Waals surface area contributed by atoms with E-state index < -0.39 is 20.0 Å². The van der Waals surface area contributed by atoms with Crippen molar-refractivity contribution in [2.75, 3.05) is 40.9 Å². The van der Waals surface area contributed by atoms with E-state index in [1.807, 2.05) is 27.2 Å². The molecule has 80 heavy (non-hydrogen) atoms. The fraction of sp³-hybridized carbons (Fsp3) is 0.845. The van der Waals surface area contributed by atoms with Crippen LogP contribution in [0, 0.1) is 0 Å². The van der Waals surface area contributed by atoms with Crippen LogP contribution >= 0.6 is 7.82 Å². The van der Waals surface area contributed by atoms with Gasteiger partial charge in [0.2, 0.25) is 5.91 Å². The standard InChI is InChI=1S/C71H135N2O6P/c1-6-8-10-12-14-16-18-20-22-24-26-28-29-30-31-32-33-34-35-36-37-38-39-40-41-42-43-45-47-49-51-53-55-57-59-61-63-65-71(75)72-69(68-79-80(76,77)78-67-66-73(3,4)5)70(74)64-62-60-58-56-54-52-50-48-46-44-27-25-23-21-19-17-15-13-11-9-7-2/h8,10,14,16,20,22,26,28,62,64,69-70,74H,6-7,9,11-13,15,17-19,21,23-25,27,29-61,63,65-68H2,1-5H3,(H-,72,75,76,77)/p+1/b10-8-,16-14-,22-20-,28-26-,64-62+. The number of carbonyl (C=O) groups excluding carboxylic acids is 1. The minimum atomic E-state index is -4.35. The summed E-state index contributed by atoms with van der Waals surface area (Å²) in [6.07, 6.45) is 85.1. The summed E-state index contributed by atoms with van der Waals surface area (Å²) in [7, 11) is 1.59. The quantitative estimate of drug-likeness (QED) is 0.0243. The molecule has 3 unspecified atom stereocenters. The highest BCUT2D eigenvalue weighted by molar-refractivity contribution is 7.47. The van der Waals surface area contributed by atoms with Crippen LogP contribution in [0.3, 0.4) is 0 Å². The normalized spacial score (nSPS) is 14.0. The van der Waals surface area contributed by atoms with E-state index in [-0.39, 0.29) is 19.1 Å². The second kappa shape index (κ2) is 61.8. The molecule has 0 heterocycles. The van der Waals surface area contributed by atoms with Crippen LogP contribution in [0.25, 0.3) is 0 Å². The summed E-state index contributed by atoms with van der Waals surface area (Å²) in [6, 6.07) is -0.847. The number of quaternary nitrogens is 1. The average molecular weight is 1140 g/mol. The zero-order valence-corrected chi connectivity index (χ0v) is 54.7. The van der Waals surface area contributed by atoms with Crippen molar-refractivity contribution in [2.24, 2.45) is 0 Å². The Bertz CT molecular complexity index is 1490. The Morgan fingerprint density at radius 3 is 1.10 bits per heavy atom. The monoisotopic (exact) mass is 1140 g/mol. The number of rotatable bonds is 64. The molecular weight excluding hydrogens is 1010 g/mol. The first-order valence-corrected chi connectivity index (χ1v) is 36.2. The van der Waals surface area contributed by atoms with Crippen molar-refractivity contribution in [3.8, 4) is 0 Å². The molecule has 0 aliphatic rings. The molecular formula is C71H136N2O6P+. The molecule has 3 N–H and O–H groups in total. The lowest BCUT2D eigenvalue weighted by Crippen LogP contribution is -2.45. The molecule has 0 aliphatic carbocycles. The number of allylic oxidation sites excluding steroid dienone is 9. The van der Waals surface area contributed by atoms with Crippen molar-refractivity contribution < 1.29 is 32.9 Å². The van der Waals surface area contributed by atoms with E-state index in [9.17, 15) is 19.4 Å². The summed E-state index contributed by atoms with van der Waals surface area (Å²) in [5, 5.41) is 14.0.